The molecule has 9 rings (SSSR count). The van der Waals surface area contributed by atoms with Crippen LogP contribution in [0.3, 0.4) is 0 Å². The van der Waals surface area contributed by atoms with Gasteiger partial charge < -0.3 is 47.4 Å². The summed E-state index contributed by atoms with van der Waals surface area (Å²) >= 11 is 7.22. The van der Waals surface area contributed by atoms with E-state index in [-0.39, 0.29) is 56.3 Å². The highest BCUT2D eigenvalue weighted by Crippen LogP contribution is 2.37. The van der Waals surface area contributed by atoms with Gasteiger partial charge >= 0.3 is 17.9 Å². The first-order valence-corrected chi connectivity index (χ1v) is 25.2. The van der Waals surface area contributed by atoms with E-state index in [0.717, 1.165) is 22.3 Å². The van der Waals surface area contributed by atoms with E-state index in [1.54, 1.807) is 91.0 Å². The van der Waals surface area contributed by atoms with Gasteiger partial charge in [0.1, 0.15) is 30.5 Å². The largest absolute Gasteiger partial charge is 0.452 e. The molecule has 386 valence electrons. The predicted molar refractivity (Wildman–Crippen MR) is 277 cm³/mol. The first-order valence-electron chi connectivity index (χ1n) is 24.8. The zero-order valence-electron chi connectivity index (χ0n) is 40.9. The lowest BCUT2D eigenvalue weighted by atomic mass is 9.96. The summed E-state index contributed by atoms with van der Waals surface area (Å²) in [4.78, 5) is 43.1. The van der Waals surface area contributed by atoms with E-state index in [2.05, 4.69) is 0 Å². The van der Waals surface area contributed by atoms with Crippen LogP contribution in [0.5, 0.6) is 0 Å². The van der Waals surface area contributed by atoms with Crippen LogP contribution < -0.4 is 0 Å². The Morgan fingerprint density at radius 3 is 1.08 bits per heavy atom. The molecule has 13 nitrogen and oxygen atoms in total. The summed E-state index contributed by atoms with van der Waals surface area (Å²) in [5.41, 5.74) is 2.74. The van der Waals surface area contributed by atoms with Gasteiger partial charge in [0.2, 0.25) is 0 Å². The molecule has 2 saturated heterocycles. The summed E-state index contributed by atoms with van der Waals surface area (Å²) < 4.78 is 66.2. The second-order valence-electron chi connectivity index (χ2n) is 17.9. The Kier molecular flexibility index (Phi) is 19.0. The van der Waals surface area contributed by atoms with Crippen LogP contribution in [0.25, 0.3) is 0 Å². The van der Waals surface area contributed by atoms with Crippen LogP contribution in [0.1, 0.15) is 53.3 Å². The molecule has 0 N–H and O–H groups in total. The minimum Gasteiger partial charge on any atom is -0.452 e. The summed E-state index contributed by atoms with van der Waals surface area (Å²) in [7, 11) is 0. The van der Waals surface area contributed by atoms with Gasteiger partial charge in [-0.3, -0.25) is 0 Å². The van der Waals surface area contributed by atoms with Crippen LogP contribution in [0.15, 0.2) is 212 Å². The molecule has 7 aromatic carbocycles. The molecule has 0 bridgehead atoms. The molecule has 10 atom stereocenters. The van der Waals surface area contributed by atoms with E-state index in [1.807, 2.05) is 121 Å². The molecule has 2 fully saturated rings. The van der Waals surface area contributed by atoms with Gasteiger partial charge in [-0.25, -0.2) is 14.4 Å². The molecule has 2 heterocycles. The average Bonchev–Trinajstić information content (AvgIpc) is 3.46. The monoisotopic (exact) mass is 1030 g/mol. The van der Waals surface area contributed by atoms with Gasteiger partial charge in [0.25, 0.3) is 0 Å². The average molecular weight is 1030 g/mol. The highest BCUT2D eigenvalue weighted by molar-refractivity contribution is 6.20. The van der Waals surface area contributed by atoms with Gasteiger partial charge in [0, 0.05) is 0 Å². The van der Waals surface area contributed by atoms with Crippen LogP contribution in [-0.2, 0) is 73.8 Å². The van der Waals surface area contributed by atoms with Crippen LogP contribution in [-0.4, -0.2) is 91.8 Å². The maximum atomic E-state index is 14.5. The van der Waals surface area contributed by atoms with Crippen molar-refractivity contribution in [3.8, 4) is 0 Å². The number of hydrogen-bond acceptors (Lipinski definition) is 13. The number of ether oxygens (including phenoxy) is 10. The molecule has 7 aromatic rings. The van der Waals surface area contributed by atoms with E-state index >= 15 is 0 Å². The van der Waals surface area contributed by atoms with Crippen LogP contribution in [0.4, 0.5) is 0 Å². The highest BCUT2D eigenvalue weighted by atomic mass is 35.5. The molecule has 0 saturated carbocycles. The second-order valence-corrected chi connectivity index (χ2v) is 18.3. The molecule has 2 aliphatic heterocycles. The molecule has 0 aliphatic carbocycles. The van der Waals surface area contributed by atoms with Crippen molar-refractivity contribution >= 4 is 29.5 Å². The summed E-state index contributed by atoms with van der Waals surface area (Å²) in [6, 6.07) is 63.4. The first-order chi connectivity index (χ1) is 36.9. The van der Waals surface area contributed by atoms with Gasteiger partial charge in [-0.05, 0) is 58.7 Å². The minimum atomic E-state index is -1.62. The number of alkyl halides is 1. The highest BCUT2D eigenvalue weighted by Gasteiger charge is 2.56. The maximum absolute atomic E-state index is 14.5. The topological polar surface area (TPSA) is 144 Å². The lowest BCUT2D eigenvalue weighted by Crippen LogP contribution is -2.66. The molecule has 0 aromatic heterocycles. The Morgan fingerprint density at radius 1 is 0.360 bits per heavy atom. The Morgan fingerprint density at radius 2 is 0.680 bits per heavy atom. The summed E-state index contributed by atoms with van der Waals surface area (Å²) in [6.07, 6.45) is -11.6. The standard InChI is InChI=1S/C61H57ClO13/c62-57-55(73-59(64)47-32-18-6-19-33-47)53(51(68-38-44-26-12-3-13-27-44)49(70-57)40-66-36-42-22-8-1-9-23-42)75-61-56(74-60(65)48-34-20-7-21-35-48)54(72-58(63)46-30-16-5-17-31-46)52(69-39-45-28-14-4-15-29-45)50(71-61)41-67-37-43-24-10-2-11-25-43/h1-35,49-57,61H,36-41H2/t49-,50-,51+,52+,53+,54+,55-,56-,57-,61+/m1/s1. The number of carbonyl (C=O) groups excluding carboxylic acids is 3. The van der Waals surface area contributed by atoms with E-state index in [1.165, 1.54) is 0 Å². The first kappa shape index (κ1) is 52.8. The Labute approximate surface area is 441 Å². The van der Waals surface area contributed by atoms with Crippen LogP contribution in [0, 0.1) is 0 Å². The summed E-state index contributed by atoms with van der Waals surface area (Å²) in [6.45, 7) is 0.344. The van der Waals surface area contributed by atoms with Crippen molar-refractivity contribution in [3.05, 3.63) is 251 Å². The smallest absolute Gasteiger partial charge is 0.338 e. The fourth-order valence-corrected chi connectivity index (χ4v) is 9.11. The van der Waals surface area contributed by atoms with Gasteiger partial charge in [-0.15, -0.1) is 0 Å². The predicted octanol–water partition coefficient (Wildman–Crippen LogP) is 10.3. The normalized spacial score (nSPS) is 23.4. The molecule has 75 heavy (non-hydrogen) atoms. The second kappa shape index (κ2) is 27.0. The number of hydrogen-bond donors (Lipinski definition) is 0. The van der Waals surface area contributed by atoms with E-state index in [9.17, 15) is 14.4 Å². The molecule has 2 aliphatic rings. The van der Waals surface area contributed by atoms with Crippen molar-refractivity contribution in [1.82, 2.24) is 0 Å². The van der Waals surface area contributed by atoms with Crippen molar-refractivity contribution in [2.24, 2.45) is 0 Å². The Balaban J connectivity index is 1.14. The quantitative estimate of drug-likeness (QED) is 0.0361. The van der Waals surface area contributed by atoms with Gasteiger partial charge in [0.05, 0.1) is 56.3 Å². The van der Waals surface area contributed by atoms with Crippen molar-refractivity contribution in [2.75, 3.05) is 13.2 Å². The van der Waals surface area contributed by atoms with E-state index in [4.69, 9.17) is 59.0 Å². The molecule has 0 unspecified atom stereocenters. The van der Waals surface area contributed by atoms with Crippen molar-refractivity contribution in [2.45, 2.75) is 87.1 Å². The Hall–Kier alpha value is -7.04. The number of carbonyl (C=O) groups is 3. The molecular formula is C61H57ClO13. The van der Waals surface area contributed by atoms with Gasteiger partial charge in [-0.1, -0.05) is 188 Å². The van der Waals surface area contributed by atoms with Gasteiger partial charge in [-0.2, -0.15) is 0 Å². The maximum Gasteiger partial charge on any atom is 0.338 e. The van der Waals surface area contributed by atoms with Crippen molar-refractivity contribution in [3.63, 3.8) is 0 Å². The fraction of sp³-hybridized carbons (Fsp3) is 0.262. The molecule has 0 radical (unpaired) electrons. The Bertz CT molecular complexity index is 2820. The lowest BCUT2D eigenvalue weighted by molar-refractivity contribution is -0.345. The van der Waals surface area contributed by atoms with E-state index < -0.39 is 78.6 Å². The summed E-state index contributed by atoms with van der Waals surface area (Å²) in [5, 5.41) is 0. The third-order valence-electron chi connectivity index (χ3n) is 12.6. The third kappa shape index (κ3) is 14.6. The molecule has 14 heteroatoms. The summed E-state index contributed by atoms with van der Waals surface area (Å²) in [5.74, 6) is -2.24. The zero-order valence-corrected chi connectivity index (χ0v) is 41.7. The van der Waals surface area contributed by atoms with Crippen LogP contribution in [0.2, 0.25) is 0 Å². The lowest BCUT2D eigenvalue weighted by Gasteiger charge is -2.49. The van der Waals surface area contributed by atoms with Crippen molar-refractivity contribution < 1.29 is 61.8 Å². The van der Waals surface area contributed by atoms with Crippen molar-refractivity contribution in [1.29, 1.82) is 0 Å². The van der Waals surface area contributed by atoms with Gasteiger partial charge in [0.15, 0.2) is 30.2 Å². The zero-order chi connectivity index (χ0) is 51.6. The number of benzene rings is 7. The molecule has 0 spiro atoms. The fourth-order valence-electron chi connectivity index (χ4n) is 8.78. The van der Waals surface area contributed by atoms with E-state index in [0.29, 0.717) is 0 Å². The number of halogens is 1. The molecule has 0 amide bonds. The molecular weight excluding hydrogens is 976 g/mol. The third-order valence-corrected chi connectivity index (χ3v) is 12.9. The number of rotatable bonds is 22. The number of esters is 3. The SMILES string of the molecule is O=C(O[C@H]1[C@@H](OCc2ccccc2)[C@@H](COCc2ccccc2)O[C@@H](O[C@@H]2[C@@H](OC(=O)c3ccccc3)[C@H](Cl)O[C@H](COCc3ccccc3)[C@@H]2OCc2ccccc2)[C@@H]1OC(=O)c1ccccc1)c1ccccc1. The van der Waals surface area contributed by atoms with Crippen LogP contribution >= 0.6 is 11.6 Å². The minimum absolute atomic E-state index is 0.0414.